The smallest absolute Gasteiger partial charge is 0.119 e. The molecule has 3 aliphatic rings. The Morgan fingerprint density at radius 1 is 0.333 bits per heavy atom. The molecule has 2 nitrogen and oxygen atoms in total. The number of nitrogens with zero attached hydrogens (tertiary/aromatic N) is 2. The summed E-state index contributed by atoms with van der Waals surface area (Å²) in [5, 5.41) is 5.15. The first kappa shape index (κ1) is 38.6. The number of hydrogen-bond acceptors (Lipinski definition) is 3. The largest absolute Gasteiger partial charge is 0.335 e. The van der Waals surface area contributed by atoms with Crippen molar-refractivity contribution in [3.8, 4) is 33.4 Å². The van der Waals surface area contributed by atoms with Gasteiger partial charge < -0.3 is 9.80 Å². The van der Waals surface area contributed by atoms with Crippen LogP contribution in [0.3, 0.4) is 0 Å². The second-order valence-electron chi connectivity index (χ2n) is 18.7. The molecule has 0 unspecified atom stereocenters. The Labute approximate surface area is 405 Å². The van der Waals surface area contributed by atoms with Gasteiger partial charge in [0.15, 0.2) is 0 Å². The van der Waals surface area contributed by atoms with Gasteiger partial charge in [-0.05, 0) is 126 Å². The minimum Gasteiger partial charge on any atom is -0.335 e. The normalized spacial score (nSPS) is 14.3. The maximum atomic E-state index is 2.85. The molecule has 322 valence electrons. The topological polar surface area (TPSA) is 6.48 Å². The van der Waals surface area contributed by atoms with Crippen LogP contribution in [0.2, 0.25) is 0 Å². The van der Waals surface area contributed by atoms with E-state index in [-0.39, 0.29) is 0 Å². The van der Waals surface area contributed by atoms with Crippen LogP contribution in [-0.2, 0) is 11.1 Å². The molecule has 0 saturated carbocycles. The summed E-state index contributed by atoms with van der Waals surface area (Å²) in [5.41, 5.74) is 18.4. The highest BCUT2D eigenvalue weighted by atomic mass is 32.1. The van der Waals surface area contributed by atoms with Crippen LogP contribution in [0.15, 0.2) is 255 Å². The first-order valence-electron chi connectivity index (χ1n) is 23.9. The lowest BCUT2D eigenvalue weighted by Gasteiger charge is -2.58. The van der Waals surface area contributed by atoms with Crippen molar-refractivity contribution in [1.29, 1.82) is 0 Å². The van der Waals surface area contributed by atoms with Crippen LogP contribution in [0, 0.1) is 0 Å². The maximum absolute atomic E-state index is 2.85. The van der Waals surface area contributed by atoms with Gasteiger partial charge in [0, 0.05) is 32.5 Å². The molecule has 0 bridgehead atoms. The van der Waals surface area contributed by atoms with E-state index in [1.165, 1.54) is 97.7 Å². The number of fused-ring (bicyclic) bond motifs is 15. The zero-order chi connectivity index (χ0) is 45.3. The third-order valence-electron chi connectivity index (χ3n) is 15.4. The second kappa shape index (κ2) is 14.5. The van der Waals surface area contributed by atoms with Gasteiger partial charge in [-0.2, -0.15) is 0 Å². The highest BCUT2D eigenvalue weighted by molar-refractivity contribution is 7.26. The predicted molar refractivity (Wildman–Crippen MR) is 289 cm³/mol. The Morgan fingerprint density at radius 3 is 1.33 bits per heavy atom. The standard InChI is InChI=1S/C66H42N2S/c1-2-17-43(18-3-1)44-35-37-46(38-36-44)67(61-33-16-26-54-53-25-8-13-34-62(53)69-64(54)61)47-39-41-48(42-40-47)68-65(55-27-9-4-21-49(55)50-22-5-10-28-56(50)65)59-31-14-19-45-20-15-32-60(63(45)59)66(68)57-29-11-6-23-51(57)52-24-7-12-30-58(52)66/h1-42H. The summed E-state index contributed by atoms with van der Waals surface area (Å²) in [7, 11) is 0. The lowest BCUT2D eigenvalue weighted by Crippen LogP contribution is -2.61. The van der Waals surface area contributed by atoms with Crippen LogP contribution >= 0.6 is 11.3 Å². The third-order valence-corrected chi connectivity index (χ3v) is 16.6. The van der Waals surface area contributed by atoms with Crippen molar-refractivity contribution in [2.45, 2.75) is 11.1 Å². The molecule has 0 N–H and O–H groups in total. The fraction of sp³-hybridized carbons (Fsp3) is 0.0303. The lowest BCUT2D eigenvalue weighted by atomic mass is 9.64. The molecule has 0 fully saturated rings. The molecule has 1 aliphatic heterocycles. The predicted octanol–water partition coefficient (Wildman–Crippen LogP) is 17.4. The summed E-state index contributed by atoms with van der Waals surface area (Å²) in [4.78, 5) is 5.32. The second-order valence-corrected chi connectivity index (χ2v) is 19.7. The fourth-order valence-corrected chi connectivity index (χ4v) is 14.0. The van der Waals surface area contributed by atoms with E-state index in [1.54, 1.807) is 0 Å². The van der Waals surface area contributed by atoms with Crippen LogP contribution < -0.4 is 9.80 Å². The molecule has 2 spiro atoms. The summed E-state index contributed by atoms with van der Waals surface area (Å²) >= 11 is 1.87. The van der Waals surface area contributed by atoms with Crippen LogP contribution in [0.4, 0.5) is 22.7 Å². The first-order valence-corrected chi connectivity index (χ1v) is 24.7. The molecule has 1 aromatic heterocycles. The molecular formula is C66H42N2S. The maximum Gasteiger partial charge on any atom is 0.119 e. The summed E-state index contributed by atoms with van der Waals surface area (Å²) in [6, 6.07) is 95.7. The zero-order valence-corrected chi connectivity index (χ0v) is 38.4. The molecule has 0 radical (unpaired) electrons. The first-order chi connectivity index (χ1) is 34.2. The van der Waals surface area contributed by atoms with Crippen molar-refractivity contribution >= 4 is 65.0 Å². The van der Waals surface area contributed by atoms with Crippen molar-refractivity contribution in [1.82, 2.24) is 0 Å². The van der Waals surface area contributed by atoms with Crippen molar-refractivity contribution in [3.63, 3.8) is 0 Å². The number of anilines is 4. The summed E-state index contributed by atoms with van der Waals surface area (Å²) in [5.74, 6) is 0. The Morgan fingerprint density at radius 2 is 0.768 bits per heavy atom. The van der Waals surface area contributed by atoms with Crippen LogP contribution in [0.5, 0.6) is 0 Å². The molecule has 2 aliphatic carbocycles. The molecule has 69 heavy (non-hydrogen) atoms. The zero-order valence-electron chi connectivity index (χ0n) is 37.6. The minimum atomic E-state index is -0.719. The van der Waals surface area contributed by atoms with Gasteiger partial charge in [-0.3, -0.25) is 0 Å². The quantitative estimate of drug-likeness (QED) is 0.170. The van der Waals surface area contributed by atoms with Crippen molar-refractivity contribution < 1.29 is 0 Å². The Kier molecular flexibility index (Phi) is 8.11. The van der Waals surface area contributed by atoms with Crippen molar-refractivity contribution in [2.75, 3.05) is 9.80 Å². The van der Waals surface area contributed by atoms with Gasteiger partial charge in [-0.25, -0.2) is 0 Å². The number of rotatable bonds is 5. The molecule has 11 aromatic carbocycles. The third kappa shape index (κ3) is 5.09. The Hall–Kier alpha value is -8.50. The van der Waals surface area contributed by atoms with E-state index in [2.05, 4.69) is 265 Å². The molecule has 0 amide bonds. The number of thiophene rings is 1. The van der Waals surface area contributed by atoms with Gasteiger partial charge in [0.25, 0.3) is 0 Å². The Bertz CT molecular complexity index is 3810. The van der Waals surface area contributed by atoms with Crippen LogP contribution in [0.1, 0.15) is 33.4 Å². The average molecular weight is 895 g/mol. The van der Waals surface area contributed by atoms with Crippen molar-refractivity contribution in [3.05, 3.63) is 288 Å². The van der Waals surface area contributed by atoms with E-state index in [0.717, 1.165) is 22.7 Å². The lowest BCUT2D eigenvalue weighted by molar-refractivity contribution is 0.444. The van der Waals surface area contributed by atoms with Crippen LogP contribution in [-0.4, -0.2) is 0 Å². The van der Waals surface area contributed by atoms with Crippen molar-refractivity contribution in [2.24, 2.45) is 0 Å². The van der Waals surface area contributed by atoms with Gasteiger partial charge in [0.1, 0.15) is 11.1 Å². The van der Waals surface area contributed by atoms with Gasteiger partial charge in [0.05, 0.1) is 10.4 Å². The molecular weight excluding hydrogens is 853 g/mol. The van der Waals surface area contributed by atoms with Crippen LogP contribution in [0.25, 0.3) is 64.3 Å². The summed E-state index contributed by atoms with van der Waals surface area (Å²) in [6.07, 6.45) is 0. The number of benzene rings is 11. The highest BCUT2D eigenvalue weighted by Gasteiger charge is 2.63. The summed E-state index contributed by atoms with van der Waals surface area (Å²) in [6.45, 7) is 0. The van der Waals surface area contributed by atoms with E-state index < -0.39 is 11.1 Å². The molecule has 0 atom stereocenters. The van der Waals surface area contributed by atoms with Gasteiger partial charge in [-0.1, -0.05) is 206 Å². The van der Waals surface area contributed by atoms with Gasteiger partial charge in [-0.15, -0.1) is 11.3 Å². The SMILES string of the molecule is c1ccc(-c2ccc(N(c3ccc(N4C5(c6ccccc6-c6ccccc65)c5cccc6cccc(c56)C45c4ccccc4-c4ccccc45)cc3)c3cccc4c3sc3ccccc34)cc2)cc1. The molecule has 0 saturated heterocycles. The van der Waals surface area contributed by atoms with Gasteiger partial charge >= 0.3 is 0 Å². The van der Waals surface area contributed by atoms with E-state index >= 15 is 0 Å². The molecule has 12 aromatic rings. The average Bonchev–Trinajstić information content (AvgIpc) is 4.05. The van der Waals surface area contributed by atoms with E-state index in [9.17, 15) is 0 Å². The number of hydrogen-bond donors (Lipinski definition) is 0. The van der Waals surface area contributed by atoms with E-state index in [4.69, 9.17) is 0 Å². The van der Waals surface area contributed by atoms with E-state index in [0.29, 0.717) is 0 Å². The highest BCUT2D eigenvalue weighted by Crippen LogP contribution is 2.68. The van der Waals surface area contributed by atoms with E-state index in [1.807, 2.05) is 11.3 Å². The van der Waals surface area contributed by atoms with Gasteiger partial charge in [0.2, 0.25) is 0 Å². The monoisotopic (exact) mass is 894 g/mol. The fourth-order valence-electron chi connectivity index (χ4n) is 12.8. The molecule has 2 heterocycles. The minimum absolute atomic E-state index is 0.719. The molecule has 3 heteroatoms. The Balaban J connectivity index is 1.03. The summed E-state index contributed by atoms with van der Waals surface area (Å²) < 4.78 is 2.56. The molecule has 15 rings (SSSR count).